The van der Waals surface area contributed by atoms with E-state index >= 15 is 0 Å². The fourth-order valence-electron chi connectivity index (χ4n) is 2.48. The number of hydrogen-bond donors (Lipinski definition) is 2. The number of benzene rings is 1. The summed E-state index contributed by atoms with van der Waals surface area (Å²) in [6, 6.07) is 5.97. The molecule has 1 aromatic rings. The third kappa shape index (κ3) is 3.12. The summed E-state index contributed by atoms with van der Waals surface area (Å²) in [5, 5.41) is 13.8. The van der Waals surface area contributed by atoms with Gasteiger partial charge < -0.3 is 15.2 Å². The van der Waals surface area contributed by atoms with Crippen LogP contribution in [0.15, 0.2) is 18.2 Å². The second-order valence-corrected chi connectivity index (χ2v) is 5.97. The first-order valence-electron chi connectivity index (χ1n) is 7.14. The van der Waals surface area contributed by atoms with Crippen molar-refractivity contribution >= 4 is 11.7 Å². The number of nitrogens with one attached hydrogen (secondary N) is 1. The van der Waals surface area contributed by atoms with Crippen LogP contribution in [0.3, 0.4) is 0 Å². The van der Waals surface area contributed by atoms with Gasteiger partial charge in [-0.25, -0.2) is 0 Å². The molecule has 0 unspecified atom stereocenters. The fraction of sp³-hybridized carbons (Fsp3) is 0.562. The van der Waals surface area contributed by atoms with Crippen LogP contribution in [0.2, 0.25) is 0 Å². The van der Waals surface area contributed by atoms with Crippen molar-refractivity contribution in [2.45, 2.75) is 39.7 Å². The van der Waals surface area contributed by atoms with Crippen molar-refractivity contribution in [1.82, 2.24) is 0 Å². The molecule has 0 fully saturated rings. The monoisotopic (exact) mass is 277 g/mol. The smallest absolute Gasteiger partial charge is 0.306 e. The molecule has 0 saturated carbocycles. The van der Waals surface area contributed by atoms with Gasteiger partial charge in [0.05, 0.1) is 12.7 Å². The molecule has 0 amide bonds. The molecule has 1 heterocycles. The van der Waals surface area contributed by atoms with Gasteiger partial charge in [0.25, 0.3) is 0 Å². The Hall–Kier alpha value is -1.55. The number of esters is 1. The van der Waals surface area contributed by atoms with Crippen molar-refractivity contribution in [3.05, 3.63) is 29.3 Å². The molecular formula is C16H23NO3. The Kier molecular flexibility index (Phi) is 4.33. The lowest BCUT2D eigenvalue weighted by atomic mass is 9.78. The highest BCUT2D eigenvalue weighted by atomic mass is 16.5. The summed E-state index contributed by atoms with van der Waals surface area (Å²) in [4.78, 5) is 11.4. The number of carbonyl (C=O) groups is 1. The van der Waals surface area contributed by atoms with E-state index in [1.165, 1.54) is 0 Å². The van der Waals surface area contributed by atoms with Gasteiger partial charge in [0.15, 0.2) is 0 Å². The van der Waals surface area contributed by atoms with Crippen LogP contribution in [0.5, 0.6) is 0 Å². The first-order chi connectivity index (χ1) is 9.44. The topological polar surface area (TPSA) is 58.6 Å². The Balaban J connectivity index is 2.11. The highest BCUT2D eigenvalue weighted by Gasteiger charge is 2.34. The molecule has 4 heteroatoms. The minimum absolute atomic E-state index is 0.177. The average Bonchev–Trinajstić information content (AvgIpc) is 2.41. The Morgan fingerprint density at radius 2 is 2.25 bits per heavy atom. The number of aliphatic hydroxyl groups excluding tert-OH is 1. The zero-order chi connectivity index (χ0) is 14.8. The van der Waals surface area contributed by atoms with Crippen LogP contribution in [-0.2, 0) is 16.0 Å². The summed E-state index contributed by atoms with van der Waals surface area (Å²) in [5.41, 5.74) is 2.77. The maximum Gasteiger partial charge on any atom is 0.306 e. The Morgan fingerprint density at radius 3 is 2.95 bits per heavy atom. The maximum absolute atomic E-state index is 11.4. The molecule has 0 aromatic heterocycles. The number of rotatable bonds is 4. The third-order valence-corrected chi connectivity index (χ3v) is 3.81. The van der Waals surface area contributed by atoms with Crippen LogP contribution in [0.1, 0.15) is 44.4 Å². The second kappa shape index (κ2) is 5.83. The van der Waals surface area contributed by atoms with Gasteiger partial charge in [-0.1, -0.05) is 26.0 Å². The van der Waals surface area contributed by atoms with Crippen LogP contribution >= 0.6 is 0 Å². The summed E-state index contributed by atoms with van der Waals surface area (Å²) in [6.45, 7) is 7.06. The van der Waals surface area contributed by atoms with E-state index in [-0.39, 0.29) is 11.4 Å². The molecule has 0 aliphatic carbocycles. The van der Waals surface area contributed by atoms with E-state index in [1.807, 2.05) is 32.0 Å². The molecule has 1 aliphatic heterocycles. The van der Waals surface area contributed by atoms with Crippen molar-refractivity contribution < 1.29 is 14.6 Å². The third-order valence-electron chi connectivity index (χ3n) is 3.81. The highest BCUT2D eigenvalue weighted by molar-refractivity contribution is 5.69. The maximum atomic E-state index is 11.4. The number of aliphatic hydroxyl groups is 1. The van der Waals surface area contributed by atoms with Crippen LogP contribution < -0.4 is 5.32 Å². The molecule has 1 atom stereocenters. The number of ether oxygens (including phenoxy) is 1. The van der Waals surface area contributed by atoms with E-state index in [0.29, 0.717) is 19.4 Å². The largest absolute Gasteiger partial charge is 0.466 e. The van der Waals surface area contributed by atoms with E-state index in [4.69, 9.17) is 4.74 Å². The first-order valence-corrected chi connectivity index (χ1v) is 7.14. The molecule has 1 aromatic carbocycles. The molecular weight excluding hydrogens is 254 g/mol. The molecule has 0 saturated heterocycles. The van der Waals surface area contributed by atoms with Crippen LogP contribution in [0, 0.1) is 5.41 Å². The summed E-state index contributed by atoms with van der Waals surface area (Å²) in [5.74, 6) is -0.177. The predicted octanol–water partition coefficient (Wildman–Crippen LogP) is 2.67. The van der Waals surface area contributed by atoms with E-state index < -0.39 is 6.10 Å². The van der Waals surface area contributed by atoms with E-state index in [9.17, 15) is 9.90 Å². The number of carbonyl (C=O) groups excluding carboxylic acids is 1. The Labute approximate surface area is 120 Å². The predicted molar refractivity (Wildman–Crippen MR) is 78.6 cm³/mol. The number of fused-ring (bicyclic) bond motifs is 1. The average molecular weight is 277 g/mol. The van der Waals surface area contributed by atoms with E-state index in [1.54, 1.807) is 6.92 Å². The SMILES string of the molecule is CCOC(=O)CCc1ccc2c(c1)[C@@H](O)C(C)(C)CN2. The van der Waals surface area contributed by atoms with Crippen molar-refractivity contribution in [3.63, 3.8) is 0 Å². The molecule has 0 bridgehead atoms. The van der Waals surface area contributed by atoms with Crippen LogP contribution in [-0.4, -0.2) is 24.2 Å². The molecule has 0 spiro atoms. The van der Waals surface area contributed by atoms with Crippen molar-refractivity contribution in [2.75, 3.05) is 18.5 Å². The Bertz CT molecular complexity index is 496. The fourth-order valence-corrected chi connectivity index (χ4v) is 2.48. The number of aryl methyl sites for hydroxylation is 1. The van der Waals surface area contributed by atoms with Crippen molar-refractivity contribution in [1.29, 1.82) is 0 Å². The normalized spacial score (nSPS) is 19.9. The zero-order valence-electron chi connectivity index (χ0n) is 12.4. The highest BCUT2D eigenvalue weighted by Crippen LogP contribution is 2.41. The lowest BCUT2D eigenvalue weighted by Gasteiger charge is -2.37. The van der Waals surface area contributed by atoms with Gasteiger partial charge in [0, 0.05) is 29.6 Å². The van der Waals surface area contributed by atoms with Gasteiger partial charge in [-0.3, -0.25) is 4.79 Å². The van der Waals surface area contributed by atoms with E-state index in [2.05, 4.69) is 5.32 Å². The van der Waals surface area contributed by atoms with Gasteiger partial charge in [-0.2, -0.15) is 0 Å². The van der Waals surface area contributed by atoms with Crippen LogP contribution in [0.4, 0.5) is 5.69 Å². The summed E-state index contributed by atoms with van der Waals surface area (Å²) in [6.07, 6.45) is 0.528. The summed E-state index contributed by atoms with van der Waals surface area (Å²) >= 11 is 0. The lowest BCUT2D eigenvalue weighted by molar-refractivity contribution is -0.143. The Morgan fingerprint density at radius 1 is 1.50 bits per heavy atom. The van der Waals surface area contributed by atoms with Gasteiger partial charge in [0.2, 0.25) is 0 Å². The van der Waals surface area contributed by atoms with Crippen LogP contribution in [0.25, 0.3) is 0 Å². The van der Waals surface area contributed by atoms with Gasteiger partial charge >= 0.3 is 5.97 Å². The molecule has 2 rings (SSSR count). The van der Waals surface area contributed by atoms with Crippen molar-refractivity contribution in [3.8, 4) is 0 Å². The minimum atomic E-state index is -0.485. The number of hydrogen-bond acceptors (Lipinski definition) is 4. The van der Waals surface area contributed by atoms with E-state index in [0.717, 1.165) is 23.4 Å². The lowest BCUT2D eigenvalue weighted by Crippen LogP contribution is -2.35. The standard InChI is InChI=1S/C16H23NO3/c1-4-20-14(18)8-6-11-5-7-13-12(9-11)15(19)16(2,3)10-17-13/h5,7,9,15,17,19H,4,6,8,10H2,1-3H3/t15-/m1/s1. The second-order valence-electron chi connectivity index (χ2n) is 5.97. The summed E-state index contributed by atoms with van der Waals surface area (Å²) in [7, 11) is 0. The van der Waals surface area contributed by atoms with Gasteiger partial charge in [-0.15, -0.1) is 0 Å². The van der Waals surface area contributed by atoms with Gasteiger partial charge in [-0.05, 0) is 25.0 Å². The quantitative estimate of drug-likeness (QED) is 0.831. The summed E-state index contributed by atoms with van der Waals surface area (Å²) < 4.78 is 4.93. The molecule has 1 aliphatic rings. The van der Waals surface area contributed by atoms with Gasteiger partial charge in [0.1, 0.15) is 0 Å². The molecule has 0 radical (unpaired) electrons. The zero-order valence-corrected chi connectivity index (χ0v) is 12.4. The molecule has 110 valence electrons. The molecule has 4 nitrogen and oxygen atoms in total. The number of anilines is 1. The molecule has 2 N–H and O–H groups in total. The first kappa shape index (κ1) is 14.9. The van der Waals surface area contributed by atoms with Crippen molar-refractivity contribution in [2.24, 2.45) is 5.41 Å². The minimum Gasteiger partial charge on any atom is -0.466 e. The molecule has 20 heavy (non-hydrogen) atoms.